The first-order valence-corrected chi connectivity index (χ1v) is 4.50. The van der Waals surface area contributed by atoms with Gasteiger partial charge in [-0.1, -0.05) is 0 Å². The number of halogens is 4. The molecule has 0 amide bonds. The summed E-state index contributed by atoms with van der Waals surface area (Å²) in [7, 11) is 0. The minimum Gasteiger partial charge on any atom is -0.286 e. The van der Waals surface area contributed by atoms with Crippen LogP contribution in [0.2, 0.25) is 0 Å². The van der Waals surface area contributed by atoms with Crippen molar-refractivity contribution in [1.82, 2.24) is 0 Å². The second-order valence-electron chi connectivity index (χ2n) is 2.69. The molecule has 0 spiro atoms. The van der Waals surface area contributed by atoms with E-state index in [1.54, 1.807) is 0 Å². The lowest BCUT2D eigenvalue weighted by Crippen LogP contribution is -2.36. The number of Topliss-reactive ketones (excluding diaryl/α,β-unsaturated/α-hetero) is 1. The van der Waals surface area contributed by atoms with Crippen LogP contribution in [0.15, 0.2) is 11.4 Å². The van der Waals surface area contributed by atoms with Gasteiger partial charge in [-0.2, -0.15) is 8.78 Å². The fraction of sp³-hybridized carbons (Fsp3) is 0.375. The standard InChI is InChI=1S/C8H6F4OS/c1-4-2-3-14-5(4)6(13)8(11,12)7(9)10/h2-3,7H,1H3. The van der Waals surface area contributed by atoms with Crippen LogP contribution < -0.4 is 0 Å². The number of hydrogen-bond donors (Lipinski definition) is 0. The van der Waals surface area contributed by atoms with E-state index in [2.05, 4.69) is 0 Å². The van der Waals surface area contributed by atoms with Crippen molar-refractivity contribution in [1.29, 1.82) is 0 Å². The monoisotopic (exact) mass is 226 g/mol. The minimum absolute atomic E-state index is 0.292. The molecule has 78 valence electrons. The van der Waals surface area contributed by atoms with Gasteiger partial charge in [-0.25, -0.2) is 8.78 Å². The summed E-state index contributed by atoms with van der Waals surface area (Å²) in [5.74, 6) is -6.39. The van der Waals surface area contributed by atoms with E-state index in [1.807, 2.05) is 0 Å². The van der Waals surface area contributed by atoms with Crippen molar-refractivity contribution in [2.75, 3.05) is 0 Å². The topological polar surface area (TPSA) is 17.1 Å². The molecule has 0 radical (unpaired) electrons. The molecule has 1 aromatic rings. The first-order valence-electron chi connectivity index (χ1n) is 3.62. The highest BCUT2D eigenvalue weighted by molar-refractivity contribution is 7.12. The molecule has 1 nitrogen and oxygen atoms in total. The minimum atomic E-state index is -4.59. The average molecular weight is 226 g/mol. The maximum Gasteiger partial charge on any atom is 0.369 e. The molecule has 1 aromatic heterocycles. The number of aryl methyl sites for hydroxylation is 1. The molecule has 0 aliphatic carbocycles. The molecule has 0 fully saturated rings. The van der Waals surface area contributed by atoms with Crippen LogP contribution in [0.4, 0.5) is 17.6 Å². The molecular weight excluding hydrogens is 220 g/mol. The summed E-state index contributed by atoms with van der Waals surface area (Å²) in [6, 6.07) is 1.43. The summed E-state index contributed by atoms with van der Waals surface area (Å²) in [5.41, 5.74) is 0.292. The van der Waals surface area contributed by atoms with Crippen molar-refractivity contribution >= 4 is 17.1 Å². The zero-order valence-electron chi connectivity index (χ0n) is 7.06. The Bertz CT molecular complexity index is 345. The number of thiophene rings is 1. The van der Waals surface area contributed by atoms with Crippen LogP contribution in [-0.4, -0.2) is 18.1 Å². The molecule has 1 rings (SSSR count). The fourth-order valence-electron chi connectivity index (χ4n) is 0.856. The second-order valence-corrected chi connectivity index (χ2v) is 3.60. The van der Waals surface area contributed by atoms with Gasteiger partial charge in [-0.15, -0.1) is 11.3 Å². The Morgan fingerprint density at radius 2 is 2.07 bits per heavy atom. The van der Waals surface area contributed by atoms with E-state index in [9.17, 15) is 22.4 Å². The van der Waals surface area contributed by atoms with Gasteiger partial charge in [0.25, 0.3) is 0 Å². The lowest BCUT2D eigenvalue weighted by molar-refractivity contribution is -0.0956. The predicted molar refractivity (Wildman–Crippen MR) is 44.3 cm³/mol. The molecule has 1 heterocycles. The number of ketones is 1. The molecule has 0 aliphatic rings. The Morgan fingerprint density at radius 1 is 1.50 bits per heavy atom. The van der Waals surface area contributed by atoms with Gasteiger partial charge in [-0.05, 0) is 23.9 Å². The van der Waals surface area contributed by atoms with Gasteiger partial charge in [0.05, 0.1) is 4.88 Å². The van der Waals surface area contributed by atoms with Gasteiger partial charge in [0.15, 0.2) is 0 Å². The predicted octanol–water partition coefficient (Wildman–Crippen LogP) is 3.14. The van der Waals surface area contributed by atoms with Crippen LogP contribution >= 0.6 is 11.3 Å². The van der Waals surface area contributed by atoms with Crippen LogP contribution in [0.25, 0.3) is 0 Å². The summed E-state index contributed by atoms with van der Waals surface area (Å²) in [6.07, 6.45) is -3.96. The van der Waals surface area contributed by atoms with E-state index in [0.717, 1.165) is 11.3 Å². The van der Waals surface area contributed by atoms with Crippen molar-refractivity contribution in [3.8, 4) is 0 Å². The van der Waals surface area contributed by atoms with Gasteiger partial charge >= 0.3 is 12.3 Å². The van der Waals surface area contributed by atoms with Crippen molar-refractivity contribution in [3.05, 3.63) is 21.9 Å². The van der Waals surface area contributed by atoms with E-state index >= 15 is 0 Å². The Morgan fingerprint density at radius 3 is 2.43 bits per heavy atom. The number of hydrogen-bond acceptors (Lipinski definition) is 2. The molecule has 0 bridgehead atoms. The third-order valence-electron chi connectivity index (χ3n) is 1.65. The highest BCUT2D eigenvalue weighted by Gasteiger charge is 2.49. The lowest BCUT2D eigenvalue weighted by Gasteiger charge is -2.12. The third-order valence-corrected chi connectivity index (χ3v) is 2.66. The SMILES string of the molecule is Cc1ccsc1C(=O)C(F)(F)C(F)F. The van der Waals surface area contributed by atoms with E-state index in [-0.39, 0.29) is 4.88 Å². The van der Waals surface area contributed by atoms with Crippen molar-refractivity contribution < 1.29 is 22.4 Å². The smallest absolute Gasteiger partial charge is 0.286 e. The molecule has 0 aliphatic heterocycles. The molecule has 0 saturated heterocycles. The Balaban J connectivity index is 3.02. The molecule has 0 aromatic carbocycles. The summed E-state index contributed by atoms with van der Waals surface area (Å²) in [5, 5.41) is 1.41. The van der Waals surface area contributed by atoms with Crippen LogP contribution in [0.5, 0.6) is 0 Å². The van der Waals surface area contributed by atoms with Gasteiger partial charge < -0.3 is 0 Å². The van der Waals surface area contributed by atoms with Crippen LogP contribution in [0.3, 0.4) is 0 Å². The third kappa shape index (κ3) is 1.79. The molecule has 0 saturated carbocycles. The molecule has 0 atom stereocenters. The lowest BCUT2D eigenvalue weighted by atomic mass is 10.1. The molecule has 0 N–H and O–H groups in total. The number of rotatable bonds is 3. The van der Waals surface area contributed by atoms with Crippen molar-refractivity contribution in [2.24, 2.45) is 0 Å². The molecule has 6 heteroatoms. The Kier molecular flexibility index (Phi) is 2.94. The van der Waals surface area contributed by atoms with E-state index in [1.165, 1.54) is 18.4 Å². The van der Waals surface area contributed by atoms with Gasteiger partial charge in [0.2, 0.25) is 5.78 Å². The normalized spacial score (nSPS) is 12.1. The van der Waals surface area contributed by atoms with Crippen LogP contribution in [0, 0.1) is 6.92 Å². The second kappa shape index (κ2) is 3.68. The summed E-state index contributed by atoms with van der Waals surface area (Å²) in [6.45, 7) is 1.42. The van der Waals surface area contributed by atoms with Crippen molar-refractivity contribution in [2.45, 2.75) is 19.3 Å². The average Bonchev–Trinajstić information content (AvgIpc) is 2.49. The van der Waals surface area contributed by atoms with Crippen LogP contribution in [-0.2, 0) is 0 Å². The van der Waals surface area contributed by atoms with E-state index in [4.69, 9.17) is 0 Å². The Hall–Kier alpha value is -0.910. The zero-order chi connectivity index (χ0) is 10.9. The number of alkyl halides is 4. The van der Waals surface area contributed by atoms with Gasteiger partial charge in [-0.3, -0.25) is 4.79 Å². The van der Waals surface area contributed by atoms with Gasteiger partial charge in [0, 0.05) is 0 Å². The number of carbonyl (C=O) groups is 1. The maximum atomic E-state index is 12.6. The Labute approximate surface area is 81.4 Å². The van der Waals surface area contributed by atoms with Crippen molar-refractivity contribution in [3.63, 3.8) is 0 Å². The molecule has 0 unspecified atom stereocenters. The maximum absolute atomic E-state index is 12.6. The molecule has 14 heavy (non-hydrogen) atoms. The molecular formula is C8H6F4OS. The summed E-state index contributed by atoms with van der Waals surface area (Å²) in [4.78, 5) is 10.7. The highest BCUT2D eigenvalue weighted by atomic mass is 32.1. The fourth-order valence-corrected chi connectivity index (χ4v) is 1.76. The zero-order valence-corrected chi connectivity index (χ0v) is 7.88. The van der Waals surface area contributed by atoms with Crippen LogP contribution in [0.1, 0.15) is 15.2 Å². The largest absolute Gasteiger partial charge is 0.369 e. The number of carbonyl (C=O) groups excluding carboxylic acids is 1. The first-order chi connectivity index (χ1) is 6.37. The first kappa shape index (κ1) is 11.2. The van der Waals surface area contributed by atoms with Gasteiger partial charge in [0.1, 0.15) is 0 Å². The van der Waals surface area contributed by atoms with E-state index < -0.39 is 18.1 Å². The quantitative estimate of drug-likeness (QED) is 0.571. The van der Waals surface area contributed by atoms with E-state index in [0.29, 0.717) is 5.56 Å². The highest BCUT2D eigenvalue weighted by Crippen LogP contribution is 2.30. The summed E-state index contributed by atoms with van der Waals surface area (Å²) < 4.78 is 48.8. The summed E-state index contributed by atoms with van der Waals surface area (Å²) >= 11 is 0.739.